The van der Waals surface area contributed by atoms with E-state index in [1.54, 1.807) is 49.5 Å². The van der Waals surface area contributed by atoms with Crippen molar-refractivity contribution >= 4 is 82.1 Å². The fraction of sp³-hybridized carbons (Fsp3) is 0.500. The number of carbonyl (C=O) groups is 8. The summed E-state index contributed by atoms with van der Waals surface area (Å²) < 4.78 is 84.8. The SMILES string of the molecule is CN(C(=O)OCCl)[C@]1(c2ccccc2Cl)CCCCC1=O.CN(C(=O)OCOC(=O)CCC(=O)C(F)(F)F)[C@]1(c2ccccc2Cl)CCCCC1=O.O=C(O)CCC(=O)C(F)(F)F. The average molecular weight is 964 g/mol. The van der Waals surface area contributed by atoms with Gasteiger partial charge in [-0.25, -0.2) is 9.59 Å². The van der Waals surface area contributed by atoms with E-state index in [1.807, 2.05) is 6.07 Å². The number of benzene rings is 2. The van der Waals surface area contributed by atoms with Crippen molar-refractivity contribution in [1.82, 2.24) is 9.80 Å². The summed E-state index contributed by atoms with van der Waals surface area (Å²) in [4.78, 5) is 94.6. The molecule has 0 spiro atoms. The highest BCUT2D eigenvalue weighted by Crippen LogP contribution is 2.44. The Morgan fingerprint density at radius 1 is 0.635 bits per heavy atom. The summed E-state index contributed by atoms with van der Waals surface area (Å²) in [5.74, 6) is -6.84. The van der Waals surface area contributed by atoms with Crippen LogP contribution in [-0.2, 0) is 54.1 Å². The first kappa shape index (κ1) is 54.2. The van der Waals surface area contributed by atoms with Crippen molar-refractivity contribution in [3.8, 4) is 0 Å². The topological polar surface area (TPSA) is 191 Å². The molecule has 0 aliphatic heterocycles. The molecule has 14 nitrogen and oxygen atoms in total. The molecule has 23 heteroatoms. The molecule has 2 fully saturated rings. The second-order valence-corrected chi connectivity index (χ2v) is 14.9. The number of hydrogen-bond donors (Lipinski definition) is 1. The van der Waals surface area contributed by atoms with Crippen LogP contribution in [0.4, 0.5) is 35.9 Å². The van der Waals surface area contributed by atoms with Gasteiger partial charge in [0.05, 0.1) is 12.8 Å². The van der Waals surface area contributed by atoms with Gasteiger partial charge in [0.2, 0.25) is 18.4 Å². The summed E-state index contributed by atoms with van der Waals surface area (Å²) >= 11 is 18.0. The van der Waals surface area contributed by atoms with Gasteiger partial charge in [0.15, 0.2) is 17.6 Å². The zero-order valence-electron chi connectivity index (χ0n) is 33.8. The van der Waals surface area contributed by atoms with Crippen molar-refractivity contribution in [2.45, 2.75) is 100 Å². The first-order valence-electron chi connectivity index (χ1n) is 18.9. The Labute approximate surface area is 372 Å². The lowest BCUT2D eigenvalue weighted by Crippen LogP contribution is -2.54. The molecule has 0 unspecified atom stereocenters. The van der Waals surface area contributed by atoms with E-state index in [0.29, 0.717) is 53.3 Å². The van der Waals surface area contributed by atoms with E-state index in [4.69, 9.17) is 49.4 Å². The van der Waals surface area contributed by atoms with Gasteiger partial charge in [-0.1, -0.05) is 71.2 Å². The summed E-state index contributed by atoms with van der Waals surface area (Å²) in [5.41, 5.74) is -1.33. The number of nitrogens with zero attached hydrogens (tertiary/aromatic N) is 2. The van der Waals surface area contributed by atoms with E-state index in [9.17, 15) is 64.7 Å². The summed E-state index contributed by atoms with van der Waals surface area (Å²) in [5, 5.41) is 8.68. The highest BCUT2D eigenvalue weighted by atomic mass is 35.5. The number of ketones is 4. The number of ether oxygens (including phenoxy) is 3. The van der Waals surface area contributed by atoms with Gasteiger partial charge in [-0.3, -0.25) is 38.6 Å². The Hall–Kier alpha value is -4.95. The van der Waals surface area contributed by atoms with Gasteiger partial charge >= 0.3 is 36.5 Å². The number of likely N-dealkylation sites (N-methyl/N-ethyl adjacent to an activating group) is 2. The van der Waals surface area contributed by atoms with Crippen LogP contribution in [0.15, 0.2) is 48.5 Å². The van der Waals surface area contributed by atoms with Crippen LogP contribution in [0.3, 0.4) is 0 Å². The average Bonchev–Trinajstić information content (AvgIpc) is 3.22. The minimum Gasteiger partial charge on any atom is -0.481 e. The standard InChI is InChI=1S/C20H21ClF3NO6.C15H17Cl2NO3.C5H5F3O3/c1-25(18(29)31-12-30-17(28)10-9-16(27)20(22,23)24)19(11-5-4-8-15(19)26)13-6-2-3-7-14(13)21;1-18(14(20)21-10-16)15(9-5-4-8-13(15)19)11-6-2-3-7-12(11)17;6-5(7,8)3(9)1-2-4(10)11/h2-3,6-7H,4-5,8-12H2,1H3;2-3,6-7H,4-5,8-10H2,1H3;1-2H2,(H,10,11)/t19-;15-;/m00./s1. The molecule has 2 saturated carbocycles. The van der Waals surface area contributed by atoms with Gasteiger partial charge in [-0.05, 0) is 50.7 Å². The van der Waals surface area contributed by atoms with E-state index >= 15 is 0 Å². The number of rotatable bonds is 13. The highest BCUT2D eigenvalue weighted by Gasteiger charge is 2.50. The van der Waals surface area contributed by atoms with E-state index in [-0.39, 0.29) is 24.1 Å². The van der Waals surface area contributed by atoms with E-state index < -0.39 is 91.6 Å². The van der Waals surface area contributed by atoms with Crippen molar-refractivity contribution in [3.63, 3.8) is 0 Å². The lowest BCUT2D eigenvalue weighted by atomic mass is 9.74. The Bertz CT molecular complexity index is 1990. The van der Waals surface area contributed by atoms with Gasteiger partial charge in [0.25, 0.3) is 0 Å². The van der Waals surface area contributed by atoms with Crippen molar-refractivity contribution in [3.05, 3.63) is 69.7 Å². The summed E-state index contributed by atoms with van der Waals surface area (Å²) in [6.45, 7) is -0.880. The van der Waals surface area contributed by atoms with Gasteiger partial charge in [-0.15, -0.1) is 0 Å². The fourth-order valence-corrected chi connectivity index (χ4v) is 7.43. The third-order valence-corrected chi connectivity index (χ3v) is 10.7. The number of carbonyl (C=O) groups excluding carboxylic acids is 7. The summed E-state index contributed by atoms with van der Waals surface area (Å²) in [6.07, 6.45) is -10.7. The number of carboxylic acid groups (broad SMARTS) is 1. The first-order chi connectivity index (χ1) is 29.4. The number of esters is 1. The number of aliphatic carboxylic acids is 1. The minimum absolute atomic E-state index is 0.0177. The van der Waals surface area contributed by atoms with Crippen LogP contribution in [0.2, 0.25) is 10.0 Å². The maximum absolute atomic E-state index is 12.9. The van der Waals surface area contributed by atoms with Crippen LogP contribution >= 0.6 is 34.8 Å². The molecule has 0 heterocycles. The van der Waals surface area contributed by atoms with Crippen LogP contribution in [0.5, 0.6) is 0 Å². The Balaban J connectivity index is 0.000000366. The molecule has 348 valence electrons. The van der Waals surface area contributed by atoms with Crippen LogP contribution in [0, 0.1) is 0 Å². The summed E-state index contributed by atoms with van der Waals surface area (Å²) in [6, 6.07) is 13.5. The first-order valence-corrected chi connectivity index (χ1v) is 20.2. The molecule has 2 aromatic rings. The third kappa shape index (κ3) is 14.8. The largest absolute Gasteiger partial charge is 0.481 e. The highest BCUT2D eigenvalue weighted by molar-refractivity contribution is 6.32. The van der Waals surface area contributed by atoms with Crippen LogP contribution < -0.4 is 0 Å². The smallest absolute Gasteiger partial charge is 0.449 e. The van der Waals surface area contributed by atoms with Crippen molar-refractivity contribution in [2.24, 2.45) is 0 Å². The molecule has 0 aromatic heterocycles. The fourth-order valence-electron chi connectivity index (χ4n) is 6.75. The van der Waals surface area contributed by atoms with Crippen LogP contribution in [0.25, 0.3) is 0 Å². The molecule has 2 aliphatic carbocycles. The molecular formula is C40H43Cl3F6N2O12. The second-order valence-electron chi connectivity index (χ2n) is 13.9. The molecule has 0 bridgehead atoms. The van der Waals surface area contributed by atoms with Crippen LogP contribution in [0.1, 0.15) is 88.2 Å². The predicted octanol–water partition coefficient (Wildman–Crippen LogP) is 9.08. The van der Waals surface area contributed by atoms with Crippen molar-refractivity contribution in [1.29, 1.82) is 0 Å². The molecular weight excluding hydrogens is 921 g/mol. The monoisotopic (exact) mass is 962 g/mol. The zero-order valence-corrected chi connectivity index (χ0v) is 36.0. The molecule has 1 N–H and O–H groups in total. The van der Waals surface area contributed by atoms with Gasteiger partial charge in [0, 0.05) is 61.0 Å². The van der Waals surface area contributed by atoms with E-state index in [2.05, 4.69) is 4.74 Å². The summed E-state index contributed by atoms with van der Waals surface area (Å²) in [7, 11) is 2.92. The number of halogens is 9. The molecule has 2 amide bonds. The number of Topliss-reactive ketones (excluding diaryl/α,β-unsaturated/α-hetero) is 4. The Kier molecular flexibility index (Phi) is 20.8. The zero-order chi connectivity index (χ0) is 47.8. The number of carboxylic acids is 1. The molecule has 2 aliphatic rings. The normalized spacial score (nSPS) is 18.6. The predicted molar refractivity (Wildman–Crippen MR) is 212 cm³/mol. The molecule has 2 aromatic carbocycles. The van der Waals surface area contributed by atoms with E-state index in [0.717, 1.165) is 17.7 Å². The number of alkyl halides is 7. The Morgan fingerprint density at radius 2 is 1.03 bits per heavy atom. The third-order valence-electron chi connectivity index (χ3n) is 9.97. The second kappa shape index (κ2) is 24.2. The van der Waals surface area contributed by atoms with Crippen molar-refractivity contribution < 1.29 is 84.0 Å². The molecule has 63 heavy (non-hydrogen) atoms. The van der Waals surface area contributed by atoms with Crippen molar-refractivity contribution in [2.75, 3.05) is 27.0 Å². The number of hydrogen-bond acceptors (Lipinski definition) is 11. The van der Waals surface area contributed by atoms with E-state index in [1.165, 1.54) is 11.9 Å². The van der Waals surface area contributed by atoms with Gasteiger partial charge < -0.3 is 19.3 Å². The Morgan fingerprint density at radius 3 is 1.40 bits per heavy atom. The van der Waals surface area contributed by atoms with Gasteiger partial charge in [-0.2, -0.15) is 26.3 Å². The minimum atomic E-state index is -5.03. The van der Waals surface area contributed by atoms with Crippen LogP contribution in [-0.4, -0.2) is 101 Å². The number of amides is 2. The van der Waals surface area contributed by atoms with Gasteiger partial charge in [0.1, 0.15) is 11.1 Å². The molecule has 0 radical (unpaired) electrons. The lowest BCUT2D eigenvalue weighted by molar-refractivity contribution is -0.172. The molecule has 2 atom stereocenters. The lowest BCUT2D eigenvalue weighted by Gasteiger charge is -2.43. The maximum Gasteiger partial charge on any atom is 0.449 e. The maximum atomic E-state index is 12.9. The molecule has 4 rings (SSSR count). The quantitative estimate of drug-likeness (QED) is 0.0869. The molecule has 0 saturated heterocycles.